The molecule has 27 nitrogen and oxygen atoms in total. The van der Waals surface area contributed by atoms with Gasteiger partial charge in [-0.2, -0.15) is 28.6 Å². The van der Waals surface area contributed by atoms with Crippen molar-refractivity contribution < 1.29 is 95.7 Å². The van der Waals surface area contributed by atoms with Crippen molar-refractivity contribution in [2.45, 2.75) is 208 Å². The molecule has 136 heavy (non-hydrogen) atoms. The Kier molecular flexibility index (Phi) is 64.2. The summed E-state index contributed by atoms with van der Waals surface area (Å²) < 4.78 is 37.8. The molecule has 5 aromatic heterocycles. The molecule has 3 aliphatic heterocycles. The third-order valence-electron chi connectivity index (χ3n) is 18.4. The maximum Gasteiger partial charge on any atom is 0 e. The number of benzene rings is 5. The maximum absolute atomic E-state index is 10.8. The summed E-state index contributed by atoms with van der Waals surface area (Å²) in [4.78, 5) is 36.1. The molecule has 5 aromatic carbocycles. The second-order valence-electron chi connectivity index (χ2n) is 30.2. The van der Waals surface area contributed by atoms with E-state index >= 15 is 0 Å². The second-order valence-corrected chi connectivity index (χ2v) is 83.6. The first-order valence-corrected chi connectivity index (χ1v) is 62.1. The van der Waals surface area contributed by atoms with Crippen molar-refractivity contribution in [1.29, 1.82) is 26.6 Å². The minimum atomic E-state index is -0.652. The van der Waals surface area contributed by atoms with Gasteiger partial charge in [-0.3, -0.25) is 44.5 Å². The number of pyridine rings is 5. The number of amidine groups is 1. The molecule has 13 N–H and O–H groups in total. The fraction of sp³-hybridized carbons (Fsp3) is 0.340. The van der Waals surface area contributed by atoms with E-state index in [9.17, 15) is 25.2 Å². The quantitative estimate of drug-likeness (QED) is 0.00681. The van der Waals surface area contributed by atoms with Crippen molar-refractivity contribution in [1.82, 2.24) is 24.9 Å². The minimum absolute atomic E-state index is 0. The molecule has 0 saturated carbocycles. The zero-order valence-corrected chi connectivity index (χ0v) is 102. The third kappa shape index (κ3) is 48.5. The van der Waals surface area contributed by atoms with Gasteiger partial charge in [0.25, 0.3) is 0 Å². The summed E-state index contributed by atoms with van der Waals surface area (Å²) in [5, 5.41) is 89.1. The first-order chi connectivity index (χ1) is 63.3. The van der Waals surface area contributed by atoms with Gasteiger partial charge >= 0.3 is 64.9 Å². The Balaban J connectivity index is 0.000000787. The van der Waals surface area contributed by atoms with Crippen molar-refractivity contribution in [2.75, 3.05) is 21.7 Å². The van der Waals surface area contributed by atoms with E-state index in [0.717, 1.165) is 110 Å². The zero-order valence-electron chi connectivity index (χ0n) is 78.5. The standard InChI is InChI=1S/C18H19N3O2.C18H17N3O2.C16H19N3O2.C15H18N4O2.C11H13NO3.C7H6N2.C3H5I3.C3H6I2.C3H6I.C3H7.3HI.3V/c2*1-12-17-16(11-22-18(2,3)23-17)14(9-20-12)10-21-15-6-4-13(8-19)5-7-15;1-10(17)12-3-5-14(6-4-12)19-8-13-7-18-11(2)16(21)15(13)9-20;1-9-14(21)13(8-20)11(6-18-9)7-19-12-4-2-10(3-5-12)15(16)17;1-7-10-9(8(5-13)4-12-7)6-14-11(2,3)15-10;8-5-6-1-3-7(9)4-2-6;1-2-3(4,5)6;1-2-3(4)5;1-2-3-4;1-3-2;;;;;;/h4-7,9,21H,10-11H2,1-3H3;4-7,9-10H,11H2,1-3H3;3-7,17,19-21H,8-9H2,1-2H3;2-6,19-21H,7-8H2,1H3,(H3,16,17);4-5H,6H2,1-3H3;1-4H,9H2;2H2,1H3;3H,2H2,1H3;3H,2H2,1H3;1,3H2,2H3;3*1H;;;/q;;;;;;;;2*-1;;;;;;+3/p-3. The van der Waals surface area contributed by atoms with Crippen LogP contribution in [0.2, 0.25) is 0 Å². The number of aliphatic hydroxyl groups excluding tert-OH is 2. The number of alkyl halides is 5. The number of nitrogens with two attached hydrogens (primary N) is 2. The van der Waals surface area contributed by atoms with Crippen LogP contribution in [0.3, 0.4) is 0 Å². The number of nitrogens with zero attached hydrogens (tertiary/aromatic N) is 9. The monoisotopic (exact) mass is 2980 g/mol. The summed E-state index contributed by atoms with van der Waals surface area (Å²) in [6.07, 6.45) is 15.7. The van der Waals surface area contributed by atoms with Crippen LogP contribution in [0, 0.1) is 90.8 Å². The zero-order chi connectivity index (χ0) is 101. The number of ether oxygens (including phenoxy) is 6. The maximum atomic E-state index is 10.8. The smallest absolute Gasteiger partial charge is 0 e. The molecule has 0 saturated heterocycles. The van der Waals surface area contributed by atoms with Gasteiger partial charge in [-0.25, -0.2) is 0 Å². The van der Waals surface area contributed by atoms with Gasteiger partial charge in [0.15, 0.2) is 17.8 Å². The summed E-state index contributed by atoms with van der Waals surface area (Å²) in [5.41, 5.74) is 30.1. The number of carbonyl (C=O) groups excluding carboxylic acids is 1. The fourth-order valence-corrected chi connectivity index (χ4v) is 11.0. The van der Waals surface area contributed by atoms with Crippen molar-refractivity contribution in [3.05, 3.63) is 276 Å². The first-order valence-electron chi connectivity index (χ1n) is 41.7. The van der Waals surface area contributed by atoms with Crippen LogP contribution >= 0.6 is 195 Å². The Morgan fingerprint density at radius 2 is 0.868 bits per heavy atom. The van der Waals surface area contributed by atoms with E-state index in [1.807, 2.05) is 130 Å². The SMILES string of the molecule is CC(=N)c1ccc(NCc2cnc(C)c(O)c2CO)cc1.CCC(I)(I)I.CCC(I)I.CC[CH-]I.Cc1ncc(C=Nc2ccc(C#N)cc2)c2c1OC(C)(C)OC2.Cc1ncc(C=O)c2c1OC(C)(C)OC2.Cc1ncc(CNc2ccc(C#N)cc2)c2c1OC(C)(C)OC2.Cc1ncc(CNc2ccc(C(=N)N)cc2)c(CO)c1O.N#Cc1ccc(N)cc1.[CH2-]CC.[I][V]([I])[I].[V].[V]. The van der Waals surface area contributed by atoms with Crippen LogP contribution in [-0.2, 0) is 109 Å². The molecular formula is C97H116I9N16O11V3-2. The number of nitriles is 3. The fourth-order valence-electron chi connectivity index (χ4n) is 11.0. The van der Waals surface area contributed by atoms with E-state index in [2.05, 4.69) is 286 Å². The van der Waals surface area contributed by atoms with Gasteiger partial charge in [-0.1, -0.05) is 153 Å². The van der Waals surface area contributed by atoms with E-state index in [1.165, 1.54) is 19.3 Å². The molecule has 0 amide bonds. The Morgan fingerprint density at radius 3 is 1.20 bits per heavy atom. The number of aliphatic imine (C=N–C) groups is 1. The number of aryl methyl sites for hydroxylation is 5. The molecule has 39 heteroatoms. The number of fused-ring (bicyclic) bond motifs is 3. The number of aromatic hydroxyl groups is 2. The summed E-state index contributed by atoms with van der Waals surface area (Å²) in [6.45, 7) is 36.5. The predicted molar refractivity (Wildman–Crippen MR) is 611 cm³/mol. The minimum Gasteiger partial charge on any atom is 0 e. The van der Waals surface area contributed by atoms with E-state index in [4.69, 9.17) is 66.5 Å². The molecule has 13 rings (SSSR count). The number of nitrogens with one attached hydrogen (secondary N) is 5. The molecule has 0 aliphatic carbocycles. The summed E-state index contributed by atoms with van der Waals surface area (Å²) in [6, 6.07) is 42.1. The van der Waals surface area contributed by atoms with Gasteiger partial charge in [0.1, 0.15) is 22.5 Å². The Labute approximate surface area is 945 Å². The van der Waals surface area contributed by atoms with Crippen LogP contribution < -0.4 is 41.6 Å². The van der Waals surface area contributed by atoms with E-state index in [1.54, 1.807) is 125 Å². The number of aromatic nitrogens is 5. The number of nitrogen functional groups attached to an aromatic ring is 2. The van der Waals surface area contributed by atoms with Crippen LogP contribution in [0.1, 0.15) is 219 Å². The summed E-state index contributed by atoms with van der Waals surface area (Å²) >= 11 is 21.6. The number of carbonyl (C=O) groups is 1. The Bertz CT molecular complexity index is 5400. The van der Waals surface area contributed by atoms with Gasteiger partial charge in [0.2, 0.25) is 17.4 Å². The molecule has 0 bridgehead atoms. The number of aldehydes is 1. The molecule has 3 aliphatic rings. The van der Waals surface area contributed by atoms with Crippen molar-refractivity contribution in [3.63, 3.8) is 0 Å². The topological polar surface area (TPSA) is 437 Å². The van der Waals surface area contributed by atoms with Crippen LogP contribution in [0.25, 0.3) is 0 Å². The number of hydrogen-bond acceptors (Lipinski definition) is 26. The Hall–Kier alpha value is -4.88. The van der Waals surface area contributed by atoms with Crippen LogP contribution in [0.5, 0.6) is 28.7 Å². The number of anilines is 4. The summed E-state index contributed by atoms with van der Waals surface area (Å²) in [7, 11) is 0. The van der Waals surface area contributed by atoms with Gasteiger partial charge in [-0.15, -0.1) is 0 Å². The van der Waals surface area contributed by atoms with E-state index in [0.29, 0.717) is 106 Å². The van der Waals surface area contributed by atoms with Crippen molar-refractivity contribution in [2.24, 2.45) is 10.7 Å². The second kappa shape index (κ2) is 67.6. The van der Waals surface area contributed by atoms with Crippen molar-refractivity contribution in [3.8, 4) is 47.0 Å². The molecular weight excluding hydrogens is 2860 g/mol. The predicted octanol–water partition coefficient (Wildman–Crippen LogP) is 26.1. The van der Waals surface area contributed by atoms with Gasteiger partial charge in [-0.05, 0) is 186 Å². The van der Waals surface area contributed by atoms with E-state index < -0.39 is 17.4 Å². The Morgan fingerprint density at radius 1 is 0.566 bits per heavy atom. The van der Waals surface area contributed by atoms with Crippen LogP contribution in [0.4, 0.5) is 28.4 Å². The first kappa shape index (κ1) is 129. The molecule has 0 atom stereocenters. The molecule has 2 radical (unpaired) electrons. The van der Waals surface area contributed by atoms with Gasteiger partial charge in [0, 0.05) is 208 Å². The van der Waals surface area contributed by atoms with Crippen LogP contribution in [0.15, 0.2) is 157 Å². The molecule has 730 valence electrons. The average molecular weight is 2980 g/mol. The van der Waals surface area contributed by atoms with Crippen molar-refractivity contribution >= 4 is 248 Å². The van der Waals surface area contributed by atoms with E-state index in [-0.39, 0.29) is 72.6 Å². The number of hydrogen-bond donors (Lipinski definition) is 11. The number of aliphatic hydroxyl groups is 2. The molecule has 0 spiro atoms. The number of rotatable bonds is 19. The molecule has 0 unspecified atom stereocenters. The molecule has 0 fully saturated rings. The molecule has 10 aromatic rings. The number of halogens is 9. The average Bonchev–Trinajstić information content (AvgIpc) is 0.791. The van der Waals surface area contributed by atoms with Gasteiger partial charge in [0.05, 0.1) is 104 Å². The molecule has 8 heterocycles. The third-order valence-corrected chi connectivity index (χ3v) is 23.3. The normalized spacial score (nSPS) is 12.5. The van der Waals surface area contributed by atoms with Gasteiger partial charge < -0.3 is 111 Å². The largest absolute Gasteiger partial charge is 0 e. The van der Waals surface area contributed by atoms with Crippen LogP contribution in [-0.4, -0.2) is 88.1 Å². The summed E-state index contributed by atoms with van der Waals surface area (Å²) in [5.74, 6) is 0.440.